The fourth-order valence-corrected chi connectivity index (χ4v) is 6.18. The topological polar surface area (TPSA) is 120 Å². The van der Waals surface area contributed by atoms with Gasteiger partial charge in [-0.3, -0.25) is 14.6 Å². The molecule has 1 N–H and O–H groups in total. The van der Waals surface area contributed by atoms with Gasteiger partial charge in [0.05, 0.1) is 47.8 Å². The molecule has 0 spiro atoms. The molecule has 1 aliphatic rings. The third-order valence-electron chi connectivity index (χ3n) is 7.83. The number of hydrogen-bond acceptors (Lipinski definition) is 8. The molecule has 0 unspecified atom stereocenters. The van der Waals surface area contributed by atoms with E-state index in [-0.39, 0.29) is 52.9 Å². The second-order valence-corrected chi connectivity index (χ2v) is 13.2. The zero-order valence-electron chi connectivity index (χ0n) is 27.6. The second kappa shape index (κ2) is 14.8. The molecule has 1 aliphatic heterocycles. The molecule has 2 aromatic carbocycles. The average molecular weight is 710 g/mol. The Kier molecular flexibility index (Phi) is 10.7. The van der Waals surface area contributed by atoms with Crippen LogP contribution in [0.4, 0.5) is 9.18 Å². The summed E-state index contributed by atoms with van der Waals surface area (Å²) in [7, 11) is 2.83. The van der Waals surface area contributed by atoms with Crippen LogP contribution in [0, 0.1) is 5.82 Å². The maximum Gasteiger partial charge on any atom is 0.410 e. The van der Waals surface area contributed by atoms with Crippen LogP contribution in [-0.4, -0.2) is 65.6 Å². The first-order valence-electron chi connectivity index (χ1n) is 15.4. The van der Waals surface area contributed by atoms with Gasteiger partial charge >= 0.3 is 6.09 Å². The first kappa shape index (κ1) is 35.6. The lowest BCUT2D eigenvalue weighted by molar-refractivity contribution is -0.119. The lowest BCUT2D eigenvalue weighted by atomic mass is 9.99. The summed E-state index contributed by atoms with van der Waals surface area (Å²) < 4.78 is 31.3. The summed E-state index contributed by atoms with van der Waals surface area (Å²) in [6.45, 7) is 5.75. The highest BCUT2D eigenvalue weighted by Gasteiger charge is 2.29. The molecule has 0 radical (unpaired) electrons. The third kappa shape index (κ3) is 7.95. The number of methoxy groups -OCH3 is 2. The normalized spacial score (nSPS) is 14.3. The molecular formula is C36H35Cl2FN4O6. The van der Waals surface area contributed by atoms with Gasteiger partial charge in [0.25, 0.3) is 0 Å². The van der Waals surface area contributed by atoms with Crippen molar-refractivity contribution in [2.24, 2.45) is 0 Å². The second-order valence-electron chi connectivity index (χ2n) is 12.4. The van der Waals surface area contributed by atoms with Gasteiger partial charge in [0.2, 0.25) is 11.8 Å². The molecule has 256 valence electrons. The summed E-state index contributed by atoms with van der Waals surface area (Å²) >= 11 is 13.9. The summed E-state index contributed by atoms with van der Waals surface area (Å²) in [5.74, 6) is -0.489. The number of nitrogens with zero attached hydrogens (tertiary/aromatic N) is 3. The monoisotopic (exact) mass is 708 g/mol. The van der Waals surface area contributed by atoms with Crippen LogP contribution in [0.2, 0.25) is 10.0 Å². The number of hydrogen-bond donors (Lipinski definition) is 1. The number of carbonyl (C=O) groups excluding carboxylic acids is 3. The number of rotatable bonds is 10. The summed E-state index contributed by atoms with van der Waals surface area (Å²) in [5.41, 5.74) is 2.48. The first-order valence-corrected chi connectivity index (χ1v) is 16.2. The number of nitrogens with one attached hydrogen (secondary N) is 1. The van der Waals surface area contributed by atoms with E-state index in [4.69, 9.17) is 42.4 Å². The van der Waals surface area contributed by atoms with Crippen LogP contribution >= 0.6 is 23.2 Å². The third-order valence-corrected chi connectivity index (χ3v) is 8.62. The number of aromatic nitrogens is 2. The van der Waals surface area contributed by atoms with Gasteiger partial charge in [-0.15, -0.1) is 0 Å². The summed E-state index contributed by atoms with van der Waals surface area (Å²) in [4.78, 5) is 47.1. The molecule has 3 heterocycles. The van der Waals surface area contributed by atoms with Gasteiger partial charge in [-0.05, 0) is 57.5 Å². The van der Waals surface area contributed by atoms with Gasteiger partial charge in [-0.2, -0.15) is 0 Å². The van der Waals surface area contributed by atoms with Crippen LogP contribution < -0.4 is 14.8 Å². The number of amides is 2. The maximum absolute atomic E-state index is 14.8. The van der Waals surface area contributed by atoms with Crippen molar-refractivity contribution in [2.45, 2.75) is 51.8 Å². The van der Waals surface area contributed by atoms with Gasteiger partial charge in [-0.1, -0.05) is 41.4 Å². The van der Waals surface area contributed by atoms with Crippen LogP contribution in [0.3, 0.4) is 0 Å². The number of halogens is 3. The van der Waals surface area contributed by atoms with Crippen molar-refractivity contribution in [1.82, 2.24) is 20.2 Å². The molecule has 2 aromatic heterocycles. The predicted octanol–water partition coefficient (Wildman–Crippen LogP) is 7.77. The minimum atomic E-state index is -0.768. The van der Waals surface area contributed by atoms with Crippen molar-refractivity contribution in [2.75, 3.05) is 20.8 Å². The fraction of sp³-hybridized carbons (Fsp3) is 0.306. The lowest BCUT2D eigenvalue weighted by Gasteiger charge is -2.29. The Balaban J connectivity index is 1.48. The van der Waals surface area contributed by atoms with Crippen LogP contribution in [-0.2, 0) is 16.1 Å². The summed E-state index contributed by atoms with van der Waals surface area (Å²) in [5, 5.41) is 3.46. The Bertz CT molecular complexity index is 1920. The number of benzene rings is 2. The number of pyridine rings is 2. The Morgan fingerprint density at radius 1 is 1.06 bits per heavy atom. The predicted molar refractivity (Wildman–Crippen MR) is 185 cm³/mol. The molecule has 1 saturated heterocycles. The van der Waals surface area contributed by atoms with E-state index in [2.05, 4.69) is 10.3 Å². The first-order chi connectivity index (χ1) is 23.3. The number of carbonyl (C=O) groups is 3. The molecule has 1 atom stereocenters. The standard InChI is InChI=1S/C36H35Cl2FN4O6/c1-36(2,3)49-35(46)43(18-22-10-12-30(45)41-22)17-20-9-11-28(42-34(20)48-5)25-8-6-7-23(31(25)37)24-13-14-40-33(32(24)38)21-15-27(39)26(19-44)29(16-21)47-4/h6-9,11,13-16,19,22H,10,12,17-18H2,1-5H3,(H,41,45)/t22-/m0/s1. The molecule has 1 fully saturated rings. The Morgan fingerprint density at radius 2 is 1.80 bits per heavy atom. The lowest BCUT2D eigenvalue weighted by Crippen LogP contribution is -2.43. The van der Waals surface area contributed by atoms with Crippen molar-refractivity contribution < 1.29 is 33.0 Å². The van der Waals surface area contributed by atoms with Crippen molar-refractivity contribution in [1.29, 1.82) is 0 Å². The molecule has 49 heavy (non-hydrogen) atoms. The van der Waals surface area contributed by atoms with Crippen LogP contribution in [0.15, 0.2) is 54.7 Å². The minimum absolute atomic E-state index is 0.0521. The van der Waals surface area contributed by atoms with E-state index in [1.54, 1.807) is 57.2 Å². The fourth-order valence-electron chi connectivity index (χ4n) is 5.54. The van der Waals surface area contributed by atoms with Crippen LogP contribution in [0.25, 0.3) is 33.6 Å². The van der Waals surface area contributed by atoms with Crippen molar-refractivity contribution >= 4 is 41.5 Å². The summed E-state index contributed by atoms with van der Waals surface area (Å²) in [6, 6.07) is 13.1. The molecule has 2 amide bonds. The van der Waals surface area contributed by atoms with Crippen molar-refractivity contribution in [3.05, 3.63) is 81.7 Å². The quantitative estimate of drug-likeness (QED) is 0.166. The van der Waals surface area contributed by atoms with E-state index in [1.165, 1.54) is 37.4 Å². The SMILES string of the molecule is COc1cc(-c2nccc(-c3cccc(-c4ccc(CN(C[C@@H]5CCC(=O)N5)C(=O)OC(C)(C)C)c(OC)n4)c3Cl)c2Cl)cc(F)c1C=O. The Labute approximate surface area is 293 Å². The smallest absolute Gasteiger partial charge is 0.410 e. The highest BCUT2D eigenvalue weighted by atomic mass is 35.5. The molecule has 10 nitrogen and oxygen atoms in total. The molecule has 4 aromatic rings. The van der Waals surface area contributed by atoms with Crippen molar-refractivity contribution in [3.8, 4) is 45.3 Å². The van der Waals surface area contributed by atoms with Gasteiger partial charge < -0.3 is 24.4 Å². The van der Waals surface area contributed by atoms with E-state index in [0.717, 1.165) is 0 Å². The van der Waals surface area contributed by atoms with Crippen molar-refractivity contribution in [3.63, 3.8) is 0 Å². The largest absolute Gasteiger partial charge is 0.496 e. The molecule has 0 bridgehead atoms. The van der Waals surface area contributed by atoms with Crippen LogP contribution in [0.1, 0.15) is 49.5 Å². The molecular weight excluding hydrogens is 674 g/mol. The molecule has 0 saturated carbocycles. The van der Waals surface area contributed by atoms with Gasteiger partial charge in [0.1, 0.15) is 17.2 Å². The summed E-state index contributed by atoms with van der Waals surface area (Å²) in [6.07, 6.45) is 2.41. The average Bonchev–Trinajstić information content (AvgIpc) is 3.48. The van der Waals surface area contributed by atoms with E-state index in [9.17, 15) is 18.8 Å². The van der Waals surface area contributed by atoms with Gasteiger partial charge in [-0.25, -0.2) is 14.2 Å². The van der Waals surface area contributed by atoms with Gasteiger partial charge in [0.15, 0.2) is 6.29 Å². The van der Waals surface area contributed by atoms with Crippen LogP contribution in [0.5, 0.6) is 11.6 Å². The zero-order chi connectivity index (χ0) is 35.5. The van der Waals surface area contributed by atoms with E-state index < -0.39 is 17.5 Å². The number of ether oxygens (including phenoxy) is 3. The Morgan fingerprint density at radius 3 is 2.45 bits per heavy atom. The molecule has 13 heteroatoms. The Hall–Kier alpha value is -4.74. The van der Waals surface area contributed by atoms with Gasteiger partial charge in [0, 0.05) is 53.0 Å². The number of aldehydes is 1. The highest BCUT2D eigenvalue weighted by Crippen LogP contribution is 2.42. The molecule has 5 rings (SSSR count). The highest BCUT2D eigenvalue weighted by molar-refractivity contribution is 6.39. The van der Waals surface area contributed by atoms with E-state index in [0.29, 0.717) is 57.7 Å². The zero-order valence-corrected chi connectivity index (χ0v) is 29.1. The molecule has 0 aliphatic carbocycles. The minimum Gasteiger partial charge on any atom is -0.496 e. The van der Waals surface area contributed by atoms with E-state index in [1.807, 2.05) is 0 Å². The maximum atomic E-state index is 14.8. The van der Waals surface area contributed by atoms with E-state index >= 15 is 0 Å².